The van der Waals surface area contributed by atoms with Crippen molar-refractivity contribution in [3.8, 4) is 10.8 Å². The molecule has 5 nitrogen and oxygen atoms in total. The molecule has 134 valence electrons. The van der Waals surface area contributed by atoms with Gasteiger partial charge in [0.25, 0.3) is 5.89 Å². The molecule has 0 fully saturated rings. The molecule has 6 heteroatoms. The van der Waals surface area contributed by atoms with Gasteiger partial charge < -0.3 is 8.83 Å². The summed E-state index contributed by atoms with van der Waals surface area (Å²) in [5.74, 6) is 2.30. The molecule has 0 saturated heterocycles. The van der Waals surface area contributed by atoms with Gasteiger partial charge in [-0.25, -0.2) is 0 Å². The molecule has 0 N–H and O–H groups in total. The summed E-state index contributed by atoms with van der Waals surface area (Å²) in [6.45, 7) is 2.52. The second-order valence-electron chi connectivity index (χ2n) is 6.97. The fraction of sp³-hybridized carbons (Fsp3) is 0.400. The van der Waals surface area contributed by atoms with Gasteiger partial charge in [0.15, 0.2) is 0 Å². The number of aryl methyl sites for hydroxylation is 2. The predicted octanol–water partition coefficient (Wildman–Crippen LogP) is 4.56. The Labute approximate surface area is 156 Å². The van der Waals surface area contributed by atoms with Crippen molar-refractivity contribution in [1.82, 2.24) is 15.1 Å². The van der Waals surface area contributed by atoms with E-state index in [1.807, 2.05) is 23.5 Å². The number of fused-ring (bicyclic) bond motifs is 1. The van der Waals surface area contributed by atoms with Gasteiger partial charge in [-0.3, -0.25) is 4.90 Å². The van der Waals surface area contributed by atoms with Gasteiger partial charge in [0, 0.05) is 23.5 Å². The van der Waals surface area contributed by atoms with Crippen LogP contribution in [0.15, 0.2) is 39.4 Å². The summed E-state index contributed by atoms with van der Waals surface area (Å²) in [7, 11) is 0. The number of furan rings is 1. The minimum Gasteiger partial charge on any atom is -0.465 e. The quantitative estimate of drug-likeness (QED) is 0.677. The van der Waals surface area contributed by atoms with Crippen LogP contribution in [0.5, 0.6) is 0 Å². The molecule has 26 heavy (non-hydrogen) atoms. The van der Waals surface area contributed by atoms with Crippen molar-refractivity contribution in [2.45, 2.75) is 38.6 Å². The second kappa shape index (κ2) is 6.85. The van der Waals surface area contributed by atoms with Crippen molar-refractivity contribution >= 4 is 16.9 Å². The number of rotatable bonds is 4. The minimum absolute atomic E-state index is 0.665. The van der Waals surface area contributed by atoms with E-state index in [4.69, 9.17) is 8.83 Å². The van der Waals surface area contributed by atoms with Crippen LogP contribution < -0.4 is 0 Å². The summed E-state index contributed by atoms with van der Waals surface area (Å²) >= 11 is 1.82. The van der Waals surface area contributed by atoms with Crippen LogP contribution in [0.4, 0.5) is 0 Å². The first kappa shape index (κ1) is 16.0. The van der Waals surface area contributed by atoms with E-state index in [9.17, 15) is 0 Å². The van der Waals surface area contributed by atoms with E-state index in [2.05, 4.69) is 27.2 Å². The van der Waals surface area contributed by atoms with Crippen LogP contribution in [-0.2, 0) is 19.4 Å². The Bertz CT molecular complexity index is 899. The highest BCUT2D eigenvalue weighted by Gasteiger charge is 2.20. The first-order valence-electron chi connectivity index (χ1n) is 9.25. The molecule has 0 saturated carbocycles. The Morgan fingerprint density at radius 3 is 3.04 bits per heavy atom. The van der Waals surface area contributed by atoms with Gasteiger partial charge in [0.2, 0.25) is 5.89 Å². The van der Waals surface area contributed by atoms with Crippen LogP contribution in [0.25, 0.3) is 16.3 Å². The molecular formula is C20H21N3O2S. The normalized spacial score (nSPS) is 17.9. The third kappa shape index (κ3) is 3.15. The standard InChI is InChI=1S/C20H21N3O2S/c1-2-8-17-14(5-1)11-18(26-17)20-22-21-19(25-20)13-23-9-3-6-15(12-23)16-7-4-10-24-16/h4,6-7,10-11H,1-3,5,8-9,12-13H2. The van der Waals surface area contributed by atoms with E-state index in [1.54, 1.807) is 6.26 Å². The van der Waals surface area contributed by atoms with E-state index < -0.39 is 0 Å². The highest BCUT2D eigenvalue weighted by molar-refractivity contribution is 7.15. The van der Waals surface area contributed by atoms with Crippen molar-refractivity contribution in [1.29, 1.82) is 0 Å². The molecule has 3 aromatic rings. The van der Waals surface area contributed by atoms with Crippen LogP contribution in [-0.4, -0.2) is 28.2 Å². The summed E-state index contributed by atoms with van der Waals surface area (Å²) < 4.78 is 11.5. The third-order valence-electron chi connectivity index (χ3n) is 5.10. The summed E-state index contributed by atoms with van der Waals surface area (Å²) in [4.78, 5) is 4.94. The molecule has 0 spiro atoms. The highest BCUT2D eigenvalue weighted by Crippen LogP contribution is 2.35. The Hall–Kier alpha value is -2.18. The number of hydrogen-bond acceptors (Lipinski definition) is 6. The molecule has 1 aliphatic heterocycles. The zero-order valence-electron chi connectivity index (χ0n) is 14.6. The molecule has 0 unspecified atom stereocenters. The van der Waals surface area contributed by atoms with Gasteiger partial charge in [-0.15, -0.1) is 21.5 Å². The lowest BCUT2D eigenvalue weighted by Gasteiger charge is -2.24. The Kier molecular flexibility index (Phi) is 4.22. The Morgan fingerprint density at radius 2 is 2.15 bits per heavy atom. The molecule has 1 aliphatic carbocycles. The first-order valence-corrected chi connectivity index (χ1v) is 10.1. The van der Waals surface area contributed by atoms with Gasteiger partial charge >= 0.3 is 0 Å². The van der Waals surface area contributed by atoms with Crippen molar-refractivity contribution in [3.05, 3.63) is 52.6 Å². The highest BCUT2D eigenvalue weighted by atomic mass is 32.1. The van der Waals surface area contributed by atoms with E-state index in [-0.39, 0.29) is 0 Å². The van der Waals surface area contributed by atoms with Gasteiger partial charge in [0.05, 0.1) is 17.7 Å². The SMILES string of the molecule is C1=C(c2ccco2)CN(Cc2nnc(-c3cc4c(s3)CCCC4)o2)CC1. The van der Waals surface area contributed by atoms with Crippen LogP contribution in [0, 0.1) is 0 Å². The summed E-state index contributed by atoms with van der Waals surface area (Å²) in [5, 5.41) is 8.58. The first-order chi connectivity index (χ1) is 12.8. The van der Waals surface area contributed by atoms with Crippen LogP contribution in [0.2, 0.25) is 0 Å². The van der Waals surface area contributed by atoms with Crippen molar-refractivity contribution in [3.63, 3.8) is 0 Å². The van der Waals surface area contributed by atoms with Gasteiger partial charge in [-0.05, 0) is 55.9 Å². The molecule has 2 aliphatic rings. The van der Waals surface area contributed by atoms with Crippen LogP contribution in [0.1, 0.15) is 41.4 Å². The van der Waals surface area contributed by atoms with Crippen molar-refractivity contribution in [2.75, 3.05) is 13.1 Å². The second-order valence-corrected chi connectivity index (χ2v) is 8.11. The minimum atomic E-state index is 0.665. The third-order valence-corrected chi connectivity index (χ3v) is 6.33. The molecule has 0 bridgehead atoms. The van der Waals surface area contributed by atoms with E-state index in [0.717, 1.165) is 30.1 Å². The lowest BCUT2D eigenvalue weighted by atomic mass is 9.99. The Morgan fingerprint density at radius 1 is 1.19 bits per heavy atom. The fourth-order valence-corrected chi connectivity index (χ4v) is 4.96. The topological polar surface area (TPSA) is 55.3 Å². The zero-order valence-corrected chi connectivity index (χ0v) is 15.4. The predicted molar refractivity (Wildman–Crippen MR) is 101 cm³/mol. The maximum Gasteiger partial charge on any atom is 0.257 e. The van der Waals surface area contributed by atoms with Crippen LogP contribution in [0.3, 0.4) is 0 Å². The molecular weight excluding hydrogens is 346 g/mol. The zero-order chi connectivity index (χ0) is 17.3. The van der Waals surface area contributed by atoms with Crippen molar-refractivity contribution in [2.24, 2.45) is 0 Å². The monoisotopic (exact) mass is 367 g/mol. The smallest absolute Gasteiger partial charge is 0.257 e. The molecule has 5 rings (SSSR count). The largest absolute Gasteiger partial charge is 0.465 e. The maximum absolute atomic E-state index is 5.98. The number of thiophene rings is 1. The summed E-state index contributed by atoms with van der Waals surface area (Å²) in [6, 6.07) is 6.19. The molecule has 4 heterocycles. The Balaban J connectivity index is 1.29. The lowest BCUT2D eigenvalue weighted by molar-refractivity contribution is 0.263. The van der Waals surface area contributed by atoms with Crippen molar-refractivity contribution < 1.29 is 8.83 Å². The van der Waals surface area contributed by atoms with Gasteiger partial charge in [-0.2, -0.15) is 0 Å². The fourth-order valence-electron chi connectivity index (χ4n) is 3.79. The molecule has 0 amide bonds. The molecule has 0 atom stereocenters. The molecule has 3 aromatic heterocycles. The summed E-state index contributed by atoms with van der Waals surface area (Å²) in [5.41, 5.74) is 2.70. The molecule has 0 aromatic carbocycles. The number of nitrogens with zero attached hydrogens (tertiary/aromatic N) is 3. The number of aromatic nitrogens is 2. The van der Waals surface area contributed by atoms with E-state index >= 15 is 0 Å². The van der Waals surface area contributed by atoms with Gasteiger partial charge in [-0.1, -0.05) is 6.08 Å². The van der Waals surface area contributed by atoms with E-state index in [0.29, 0.717) is 18.3 Å². The average molecular weight is 367 g/mol. The van der Waals surface area contributed by atoms with Gasteiger partial charge in [0.1, 0.15) is 5.76 Å². The number of hydrogen-bond donors (Lipinski definition) is 0. The lowest BCUT2D eigenvalue weighted by Crippen LogP contribution is -2.29. The maximum atomic E-state index is 5.98. The average Bonchev–Trinajstić information content (AvgIpc) is 3.41. The summed E-state index contributed by atoms with van der Waals surface area (Å²) in [6.07, 6.45) is 9.94. The van der Waals surface area contributed by atoms with Crippen LogP contribution >= 0.6 is 11.3 Å². The molecule has 0 radical (unpaired) electrons. The van der Waals surface area contributed by atoms with E-state index in [1.165, 1.54) is 41.7 Å².